The molecule has 7 heteroatoms. The lowest BCUT2D eigenvalue weighted by molar-refractivity contribution is -0.138. The Bertz CT molecular complexity index is 1030. The van der Waals surface area contributed by atoms with Gasteiger partial charge in [-0.2, -0.15) is 0 Å². The lowest BCUT2D eigenvalue weighted by atomic mass is 10.1. The summed E-state index contributed by atoms with van der Waals surface area (Å²) >= 11 is 6.21. The van der Waals surface area contributed by atoms with Gasteiger partial charge >= 0.3 is 0 Å². The predicted octanol–water partition coefficient (Wildman–Crippen LogP) is 4.13. The first-order valence-electron chi connectivity index (χ1n) is 10.5. The summed E-state index contributed by atoms with van der Waals surface area (Å²) in [6.45, 7) is 1.66. The fourth-order valence-electron chi connectivity index (χ4n) is 3.90. The summed E-state index contributed by atoms with van der Waals surface area (Å²) in [5.41, 5.74) is 1.94. The van der Waals surface area contributed by atoms with Crippen molar-refractivity contribution >= 4 is 35.0 Å². The third-order valence-electron chi connectivity index (χ3n) is 5.57. The van der Waals surface area contributed by atoms with Gasteiger partial charge < -0.3 is 10.2 Å². The van der Waals surface area contributed by atoms with Gasteiger partial charge in [-0.3, -0.25) is 19.3 Å². The first-order valence-corrected chi connectivity index (χ1v) is 10.9. The number of nitrogens with zero attached hydrogens (tertiary/aromatic N) is 2. The standard InChI is InChI=1S/C24H24ClN3O3/c25-20-21(24(31)28(23(20)30)16-17-9-4-3-5-10-17)26-19-12-8-11-18(15-19)22(29)27-13-6-1-2-7-14-27/h3-5,8-12,15,26H,1-2,6-7,13-14,16H2. The van der Waals surface area contributed by atoms with Crippen molar-refractivity contribution in [2.45, 2.75) is 32.2 Å². The van der Waals surface area contributed by atoms with Crippen molar-refractivity contribution < 1.29 is 14.4 Å². The zero-order valence-electron chi connectivity index (χ0n) is 17.1. The van der Waals surface area contributed by atoms with E-state index in [0.717, 1.165) is 49.2 Å². The summed E-state index contributed by atoms with van der Waals surface area (Å²) < 4.78 is 0. The molecule has 31 heavy (non-hydrogen) atoms. The molecule has 160 valence electrons. The van der Waals surface area contributed by atoms with E-state index < -0.39 is 11.8 Å². The molecule has 2 aromatic rings. The molecule has 0 aromatic heterocycles. The van der Waals surface area contributed by atoms with E-state index in [1.54, 1.807) is 24.3 Å². The maximum absolute atomic E-state index is 12.9. The van der Waals surface area contributed by atoms with Gasteiger partial charge in [-0.05, 0) is 36.6 Å². The smallest absolute Gasteiger partial charge is 0.279 e. The number of amides is 3. The van der Waals surface area contributed by atoms with Gasteiger partial charge in [0.25, 0.3) is 17.7 Å². The fourth-order valence-corrected chi connectivity index (χ4v) is 4.13. The molecule has 0 spiro atoms. The van der Waals surface area contributed by atoms with Crippen LogP contribution in [0.1, 0.15) is 41.6 Å². The first-order chi connectivity index (χ1) is 15.0. The lowest BCUT2D eigenvalue weighted by Crippen LogP contribution is -2.32. The third kappa shape index (κ3) is 4.64. The van der Waals surface area contributed by atoms with Gasteiger partial charge in [0.15, 0.2) is 0 Å². The van der Waals surface area contributed by atoms with Crippen molar-refractivity contribution in [1.29, 1.82) is 0 Å². The molecular formula is C24H24ClN3O3. The second-order valence-electron chi connectivity index (χ2n) is 7.78. The number of hydrogen-bond donors (Lipinski definition) is 1. The maximum atomic E-state index is 12.9. The first kappa shape index (κ1) is 21.1. The number of benzene rings is 2. The zero-order chi connectivity index (χ0) is 21.8. The molecule has 2 aliphatic rings. The van der Waals surface area contributed by atoms with Crippen LogP contribution in [0.4, 0.5) is 5.69 Å². The van der Waals surface area contributed by atoms with Crippen LogP contribution in [-0.4, -0.2) is 40.6 Å². The highest BCUT2D eigenvalue weighted by atomic mass is 35.5. The molecule has 2 heterocycles. The van der Waals surface area contributed by atoms with Crippen molar-refractivity contribution in [3.63, 3.8) is 0 Å². The summed E-state index contributed by atoms with van der Waals surface area (Å²) in [7, 11) is 0. The third-order valence-corrected chi connectivity index (χ3v) is 5.92. The molecule has 4 rings (SSSR count). The average molecular weight is 438 g/mol. The number of hydrogen-bond acceptors (Lipinski definition) is 4. The molecule has 0 atom stereocenters. The highest BCUT2D eigenvalue weighted by Crippen LogP contribution is 2.27. The molecule has 2 aromatic carbocycles. The summed E-state index contributed by atoms with van der Waals surface area (Å²) in [6.07, 6.45) is 4.32. The molecule has 6 nitrogen and oxygen atoms in total. The van der Waals surface area contributed by atoms with E-state index >= 15 is 0 Å². The van der Waals surface area contributed by atoms with Crippen molar-refractivity contribution in [3.8, 4) is 0 Å². The number of carbonyl (C=O) groups excluding carboxylic acids is 3. The maximum Gasteiger partial charge on any atom is 0.279 e. The Morgan fingerprint density at radius 1 is 0.903 bits per heavy atom. The lowest BCUT2D eigenvalue weighted by Gasteiger charge is -2.20. The second-order valence-corrected chi connectivity index (χ2v) is 8.16. The number of anilines is 1. The highest BCUT2D eigenvalue weighted by Gasteiger charge is 2.37. The Morgan fingerprint density at radius 2 is 1.61 bits per heavy atom. The van der Waals surface area contributed by atoms with Crippen molar-refractivity contribution in [1.82, 2.24) is 9.80 Å². The molecule has 1 N–H and O–H groups in total. The van der Waals surface area contributed by atoms with E-state index in [-0.39, 0.29) is 23.2 Å². The van der Waals surface area contributed by atoms with Crippen LogP contribution in [0.3, 0.4) is 0 Å². The molecular weight excluding hydrogens is 414 g/mol. The number of rotatable bonds is 5. The monoisotopic (exact) mass is 437 g/mol. The predicted molar refractivity (Wildman–Crippen MR) is 119 cm³/mol. The van der Waals surface area contributed by atoms with Crippen molar-refractivity contribution in [3.05, 3.63) is 76.5 Å². The minimum atomic E-state index is -0.533. The number of nitrogens with one attached hydrogen (secondary N) is 1. The molecule has 3 amide bonds. The molecule has 0 saturated carbocycles. The molecule has 1 fully saturated rings. The van der Waals surface area contributed by atoms with E-state index in [1.807, 2.05) is 35.2 Å². The summed E-state index contributed by atoms with van der Waals surface area (Å²) in [5.74, 6) is -1.04. The Morgan fingerprint density at radius 3 is 2.32 bits per heavy atom. The van der Waals surface area contributed by atoms with Gasteiger partial charge in [-0.1, -0.05) is 60.8 Å². The Labute approximate surface area is 186 Å². The van der Waals surface area contributed by atoms with Crippen LogP contribution in [0.25, 0.3) is 0 Å². The molecule has 0 radical (unpaired) electrons. The van der Waals surface area contributed by atoms with Crippen molar-refractivity contribution in [2.24, 2.45) is 0 Å². The quantitative estimate of drug-likeness (QED) is 0.714. The number of carbonyl (C=O) groups is 3. The Kier molecular flexibility index (Phi) is 6.37. The van der Waals surface area contributed by atoms with Crippen LogP contribution in [0.15, 0.2) is 65.3 Å². The average Bonchev–Trinajstić information content (AvgIpc) is 3.01. The highest BCUT2D eigenvalue weighted by molar-refractivity contribution is 6.48. The molecule has 0 unspecified atom stereocenters. The van der Waals surface area contributed by atoms with E-state index in [1.165, 1.54) is 0 Å². The van der Waals surface area contributed by atoms with Crippen LogP contribution in [-0.2, 0) is 16.1 Å². The molecule has 0 aliphatic carbocycles. The Balaban J connectivity index is 1.49. The van der Waals surface area contributed by atoms with Crippen LogP contribution < -0.4 is 5.32 Å². The van der Waals surface area contributed by atoms with Gasteiger partial charge in [0, 0.05) is 24.3 Å². The summed E-state index contributed by atoms with van der Waals surface area (Å²) in [4.78, 5) is 41.3. The van der Waals surface area contributed by atoms with E-state index in [4.69, 9.17) is 11.6 Å². The molecule has 1 saturated heterocycles. The minimum absolute atomic E-state index is 0.0230. The summed E-state index contributed by atoms with van der Waals surface area (Å²) in [6, 6.07) is 16.2. The van der Waals surface area contributed by atoms with Crippen LogP contribution >= 0.6 is 11.6 Å². The van der Waals surface area contributed by atoms with E-state index in [0.29, 0.717) is 11.3 Å². The van der Waals surface area contributed by atoms with E-state index in [9.17, 15) is 14.4 Å². The number of halogens is 1. The largest absolute Gasteiger partial charge is 0.350 e. The van der Waals surface area contributed by atoms with Crippen LogP contribution in [0, 0.1) is 0 Å². The minimum Gasteiger partial charge on any atom is -0.350 e. The van der Waals surface area contributed by atoms with E-state index in [2.05, 4.69) is 5.32 Å². The number of imide groups is 1. The zero-order valence-corrected chi connectivity index (χ0v) is 17.9. The summed E-state index contributed by atoms with van der Waals surface area (Å²) in [5, 5.41) is 2.81. The van der Waals surface area contributed by atoms with Gasteiger partial charge in [0.2, 0.25) is 0 Å². The fraction of sp³-hybridized carbons (Fsp3) is 0.292. The normalized spacial score (nSPS) is 17.2. The SMILES string of the molecule is O=C(c1cccc(NC2=C(Cl)C(=O)N(Cc3ccccc3)C2=O)c1)N1CCCCCC1. The van der Waals surface area contributed by atoms with Gasteiger partial charge in [0.05, 0.1) is 6.54 Å². The number of likely N-dealkylation sites (tertiary alicyclic amines) is 1. The van der Waals surface area contributed by atoms with Gasteiger partial charge in [0.1, 0.15) is 10.7 Å². The van der Waals surface area contributed by atoms with Gasteiger partial charge in [-0.15, -0.1) is 0 Å². The molecule has 0 bridgehead atoms. The van der Waals surface area contributed by atoms with Crippen molar-refractivity contribution in [2.75, 3.05) is 18.4 Å². The van der Waals surface area contributed by atoms with Gasteiger partial charge in [-0.25, -0.2) is 0 Å². The van der Waals surface area contributed by atoms with Crippen LogP contribution in [0.2, 0.25) is 0 Å². The second kappa shape index (κ2) is 9.35. The van der Waals surface area contributed by atoms with Crippen LogP contribution in [0.5, 0.6) is 0 Å². The molecule has 2 aliphatic heterocycles. The topological polar surface area (TPSA) is 69.7 Å². The Hall–Kier alpha value is -3.12.